The van der Waals surface area contributed by atoms with Crippen LogP contribution in [0.25, 0.3) is 0 Å². The molecule has 86 valence electrons. The molecule has 0 aliphatic rings. The van der Waals surface area contributed by atoms with Crippen LogP contribution >= 0.6 is 12.4 Å². The van der Waals surface area contributed by atoms with Gasteiger partial charge >= 0.3 is 0 Å². The zero-order chi connectivity index (χ0) is 10.6. The first kappa shape index (κ1) is 14.5. The maximum absolute atomic E-state index is 2.47. The second-order valence-corrected chi connectivity index (χ2v) is 4.10. The molecule has 0 spiro atoms. The average molecular weight is 228 g/mol. The third-order valence-corrected chi connectivity index (χ3v) is 3.03. The second-order valence-electron chi connectivity index (χ2n) is 4.10. The first-order valence-electron chi connectivity index (χ1n) is 5.43. The molecule has 0 radical (unpaired) electrons. The number of benzene rings is 1. The molecular weight excluding hydrogens is 206 g/mol. The van der Waals surface area contributed by atoms with Crippen LogP contribution in [0.3, 0.4) is 0 Å². The lowest BCUT2D eigenvalue weighted by Crippen LogP contribution is -2.41. The number of hydrogen-bond donors (Lipinski definition) is 0. The van der Waals surface area contributed by atoms with Gasteiger partial charge in [-0.3, -0.25) is 4.90 Å². The lowest BCUT2D eigenvalue weighted by atomic mass is 9.92. The third-order valence-electron chi connectivity index (χ3n) is 3.03. The SMILES string of the molecule is CCN(CC)C(C)(C)c1ccccc1.Cl. The Hall–Kier alpha value is -0.530. The van der Waals surface area contributed by atoms with Gasteiger partial charge in [-0.1, -0.05) is 44.2 Å². The number of hydrogen-bond acceptors (Lipinski definition) is 1. The highest BCUT2D eigenvalue weighted by Gasteiger charge is 2.25. The van der Waals surface area contributed by atoms with Crippen molar-refractivity contribution in [3.8, 4) is 0 Å². The number of nitrogens with zero attached hydrogens (tertiary/aromatic N) is 1. The molecule has 0 fully saturated rings. The molecule has 1 nitrogen and oxygen atoms in total. The Morgan fingerprint density at radius 1 is 1.00 bits per heavy atom. The van der Waals surface area contributed by atoms with Crippen molar-refractivity contribution in [2.45, 2.75) is 33.2 Å². The van der Waals surface area contributed by atoms with E-state index in [2.05, 4.69) is 62.9 Å². The number of halogens is 1. The molecule has 0 N–H and O–H groups in total. The van der Waals surface area contributed by atoms with Gasteiger partial charge in [0, 0.05) is 5.54 Å². The van der Waals surface area contributed by atoms with E-state index in [0.717, 1.165) is 13.1 Å². The van der Waals surface area contributed by atoms with Crippen molar-refractivity contribution in [2.75, 3.05) is 13.1 Å². The maximum atomic E-state index is 2.47. The fraction of sp³-hybridized carbons (Fsp3) is 0.538. The first-order valence-corrected chi connectivity index (χ1v) is 5.43. The molecule has 1 aromatic rings. The molecule has 0 saturated carbocycles. The zero-order valence-electron chi connectivity index (χ0n) is 10.2. The highest BCUT2D eigenvalue weighted by Crippen LogP contribution is 2.26. The number of rotatable bonds is 4. The van der Waals surface area contributed by atoms with E-state index in [4.69, 9.17) is 0 Å². The fourth-order valence-electron chi connectivity index (χ4n) is 2.04. The molecule has 0 heterocycles. The summed E-state index contributed by atoms with van der Waals surface area (Å²) in [5.41, 5.74) is 1.54. The summed E-state index contributed by atoms with van der Waals surface area (Å²) in [4.78, 5) is 2.47. The van der Waals surface area contributed by atoms with Gasteiger partial charge in [0.15, 0.2) is 0 Å². The molecule has 0 atom stereocenters. The van der Waals surface area contributed by atoms with Crippen molar-refractivity contribution in [1.29, 1.82) is 0 Å². The van der Waals surface area contributed by atoms with Crippen molar-refractivity contribution < 1.29 is 0 Å². The van der Waals surface area contributed by atoms with Crippen LogP contribution in [0.15, 0.2) is 30.3 Å². The summed E-state index contributed by atoms with van der Waals surface area (Å²) in [6.07, 6.45) is 0. The van der Waals surface area contributed by atoms with Gasteiger partial charge in [0.2, 0.25) is 0 Å². The Labute approximate surface area is 99.9 Å². The van der Waals surface area contributed by atoms with E-state index in [1.165, 1.54) is 5.56 Å². The largest absolute Gasteiger partial charge is 0.295 e. The summed E-state index contributed by atoms with van der Waals surface area (Å²) >= 11 is 0. The fourth-order valence-corrected chi connectivity index (χ4v) is 2.04. The molecule has 0 aliphatic carbocycles. The Kier molecular flexibility index (Phi) is 5.92. The molecule has 0 aliphatic heterocycles. The Bertz CT molecular complexity index is 265. The first-order chi connectivity index (χ1) is 6.62. The van der Waals surface area contributed by atoms with Crippen molar-refractivity contribution in [3.05, 3.63) is 35.9 Å². The van der Waals surface area contributed by atoms with Crippen LogP contribution in [0.5, 0.6) is 0 Å². The Morgan fingerprint density at radius 3 is 1.87 bits per heavy atom. The van der Waals surface area contributed by atoms with Crippen LogP contribution in [-0.4, -0.2) is 18.0 Å². The summed E-state index contributed by atoms with van der Waals surface area (Å²) in [5, 5.41) is 0. The van der Waals surface area contributed by atoms with Crippen LogP contribution in [-0.2, 0) is 5.54 Å². The molecule has 2 heteroatoms. The summed E-state index contributed by atoms with van der Waals surface area (Å²) in [6, 6.07) is 10.7. The average Bonchev–Trinajstić information content (AvgIpc) is 2.20. The Morgan fingerprint density at radius 2 is 1.47 bits per heavy atom. The van der Waals surface area contributed by atoms with E-state index >= 15 is 0 Å². The summed E-state index contributed by atoms with van der Waals surface area (Å²) in [5.74, 6) is 0. The monoisotopic (exact) mass is 227 g/mol. The van der Waals surface area contributed by atoms with Crippen LogP contribution in [0.1, 0.15) is 33.3 Å². The molecule has 15 heavy (non-hydrogen) atoms. The minimum absolute atomic E-state index is 0. The van der Waals surface area contributed by atoms with Gasteiger partial charge in [-0.15, -0.1) is 12.4 Å². The van der Waals surface area contributed by atoms with Crippen molar-refractivity contribution in [2.24, 2.45) is 0 Å². The molecular formula is C13H22ClN. The minimum atomic E-state index is 0. The lowest BCUT2D eigenvalue weighted by molar-refractivity contribution is 0.135. The second kappa shape index (κ2) is 6.14. The van der Waals surface area contributed by atoms with Crippen LogP contribution in [0, 0.1) is 0 Å². The molecule has 0 saturated heterocycles. The summed E-state index contributed by atoms with van der Waals surface area (Å²) < 4.78 is 0. The van der Waals surface area contributed by atoms with E-state index in [-0.39, 0.29) is 17.9 Å². The van der Waals surface area contributed by atoms with E-state index in [0.29, 0.717) is 0 Å². The van der Waals surface area contributed by atoms with Gasteiger partial charge in [0.25, 0.3) is 0 Å². The van der Waals surface area contributed by atoms with E-state index < -0.39 is 0 Å². The van der Waals surface area contributed by atoms with E-state index in [9.17, 15) is 0 Å². The molecule has 1 rings (SSSR count). The summed E-state index contributed by atoms with van der Waals surface area (Å²) in [6.45, 7) is 11.2. The van der Waals surface area contributed by atoms with Gasteiger partial charge in [0.05, 0.1) is 0 Å². The quantitative estimate of drug-likeness (QED) is 0.759. The van der Waals surface area contributed by atoms with E-state index in [1.54, 1.807) is 0 Å². The van der Waals surface area contributed by atoms with Crippen LogP contribution < -0.4 is 0 Å². The minimum Gasteiger partial charge on any atom is -0.295 e. The maximum Gasteiger partial charge on any atom is 0.0404 e. The lowest BCUT2D eigenvalue weighted by Gasteiger charge is -2.37. The highest BCUT2D eigenvalue weighted by atomic mass is 35.5. The molecule has 0 aromatic heterocycles. The Balaban J connectivity index is 0.00000196. The topological polar surface area (TPSA) is 3.24 Å². The van der Waals surface area contributed by atoms with Crippen molar-refractivity contribution in [1.82, 2.24) is 4.90 Å². The molecule has 0 amide bonds. The van der Waals surface area contributed by atoms with Gasteiger partial charge < -0.3 is 0 Å². The normalized spacial score (nSPS) is 11.3. The molecule has 0 bridgehead atoms. The van der Waals surface area contributed by atoms with Crippen LogP contribution in [0.2, 0.25) is 0 Å². The zero-order valence-corrected chi connectivity index (χ0v) is 11.0. The smallest absolute Gasteiger partial charge is 0.0404 e. The van der Waals surface area contributed by atoms with Gasteiger partial charge in [0.1, 0.15) is 0 Å². The van der Waals surface area contributed by atoms with E-state index in [1.807, 2.05) is 0 Å². The third kappa shape index (κ3) is 3.22. The highest BCUT2D eigenvalue weighted by molar-refractivity contribution is 5.85. The molecule has 0 unspecified atom stereocenters. The van der Waals surface area contributed by atoms with Crippen molar-refractivity contribution in [3.63, 3.8) is 0 Å². The van der Waals surface area contributed by atoms with Gasteiger partial charge in [-0.05, 0) is 32.5 Å². The van der Waals surface area contributed by atoms with Crippen molar-refractivity contribution >= 4 is 12.4 Å². The van der Waals surface area contributed by atoms with Crippen LogP contribution in [0.4, 0.5) is 0 Å². The standard InChI is InChI=1S/C13H21N.ClH/c1-5-14(6-2)13(3,4)12-10-8-7-9-11-12;/h7-11H,5-6H2,1-4H3;1H. The summed E-state index contributed by atoms with van der Waals surface area (Å²) in [7, 11) is 0. The van der Waals surface area contributed by atoms with Gasteiger partial charge in [-0.25, -0.2) is 0 Å². The molecule has 1 aromatic carbocycles. The predicted molar refractivity (Wildman–Crippen MR) is 69.6 cm³/mol. The predicted octanol–water partition coefficient (Wildman–Crippen LogP) is 3.69. The van der Waals surface area contributed by atoms with Gasteiger partial charge in [-0.2, -0.15) is 0 Å².